The van der Waals surface area contributed by atoms with Gasteiger partial charge in [0.05, 0.1) is 22.7 Å². The number of methoxy groups -OCH3 is 1. The zero-order valence-electron chi connectivity index (χ0n) is 27.1. The molecular formula is C36H38Cl3N3O5S. The normalized spacial score (nSPS) is 12.6. The van der Waals surface area contributed by atoms with Gasteiger partial charge in [-0.15, -0.1) is 0 Å². The maximum Gasteiger partial charge on any atom is 0.264 e. The van der Waals surface area contributed by atoms with E-state index in [0.29, 0.717) is 27.8 Å². The van der Waals surface area contributed by atoms with Crippen LogP contribution in [0.5, 0.6) is 5.75 Å². The van der Waals surface area contributed by atoms with Crippen LogP contribution in [0.2, 0.25) is 15.1 Å². The monoisotopic (exact) mass is 729 g/mol. The van der Waals surface area contributed by atoms with Crippen molar-refractivity contribution in [2.24, 2.45) is 0 Å². The Bertz CT molecular complexity index is 1840. The maximum atomic E-state index is 14.7. The van der Waals surface area contributed by atoms with E-state index in [1.165, 1.54) is 42.3 Å². The highest BCUT2D eigenvalue weighted by Gasteiger charge is 2.35. The van der Waals surface area contributed by atoms with Gasteiger partial charge in [0.1, 0.15) is 18.3 Å². The van der Waals surface area contributed by atoms with Crippen molar-refractivity contribution in [3.63, 3.8) is 0 Å². The van der Waals surface area contributed by atoms with Crippen LogP contribution in [0.25, 0.3) is 0 Å². The highest BCUT2D eigenvalue weighted by atomic mass is 35.5. The summed E-state index contributed by atoms with van der Waals surface area (Å²) in [4.78, 5) is 30.0. The second-order valence-corrected chi connectivity index (χ2v) is 14.5. The molecule has 4 aromatic carbocycles. The van der Waals surface area contributed by atoms with E-state index >= 15 is 0 Å². The van der Waals surface area contributed by atoms with Crippen LogP contribution < -0.4 is 14.4 Å². The van der Waals surface area contributed by atoms with E-state index in [4.69, 9.17) is 39.5 Å². The Kier molecular flexibility index (Phi) is 12.8. The van der Waals surface area contributed by atoms with Crippen LogP contribution in [0, 0.1) is 6.92 Å². The number of hydrogen-bond donors (Lipinski definition) is 1. The summed E-state index contributed by atoms with van der Waals surface area (Å²) < 4.78 is 34.8. The number of aryl methyl sites for hydroxylation is 1. The van der Waals surface area contributed by atoms with Gasteiger partial charge in [0, 0.05) is 29.1 Å². The fourth-order valence-electron chi connectivity index (χ4n) is 5.01. The number of benzene rings is 4. The first-order chi connectivity index (χ1) is 22.8. The molecular weight excluding hydrogens is 693 g/mol. The molecule has 0 unspecified atom stereocenters. The predicted octanol–water partition coefficient (Wildman–Crippen LogP) is 7.71. The molecule has 4 aromatic rings. The molecule has 0 aliphatic rings. The molecule has 0 aromatic heterocycles. The predicted molar refractivity (Wildman–Crippen MR) is 193 cm³/mol. The van der Waals surface area contributed by atoms with Gasteiger partial charge in [0.15, 0.2) is 0 Å². The van der Waals surface area contributed by atoms with Gasteiger partial charge in [-0.1, -0.05) is 95.8 Å². The second-order valence-electron chi connectivity index (χ2n) is 11.4. The summed E-state index contributed by atoms with van der Waals surface area (Å²) in [5.74, 6) is -0.681. The lowest BCUT2D eigenvalue weighted by Crippen LogP contribution is -2.54. The zero-order chi connectivity index (χ0) is 35.0. The molecule has 0 heterocycles. The smallest absolute Gasteiger partial charge is 0.264 e. The third-order valence-corrected chi connectivity index (χ3v) is 10.6. The Morgan fingerprint density at radius 3 is 2.19 bits per heavy atom. The van der Waals surface area contributed by atoms with Gasteiger partial charge in [-0.05, 0) is 73.9 Å². The summed E-state index contributed by atoms with van der Waals surface area (Å²) in [6.45, 7) is 4.93. The van der Waals surface area contributed by atoms with Gasteiger partial charge >= 0.3 is 0 Å². The largest absolute Gasteiger partial charge is 0.495 e. The van der Waals surface area contributed by atoms with Crippen molar-refractivity contribution < 1.29 is 22.7 Å². The highest BCUT2D eigenvalue weighted by molar-refractivity contribution is 7.92. The van der Waals surface area contributed by atoms with Gasteiger partial charge < -0.3 is 15.0 Å². The third-order valence-electron chi connectivity index (χ3n) is 7.94. The van der Waals surface area contributed by atoms with Crippen LogP contribution in [-0.2, 0) is 32.6 Å². The molecule has 2 amide bonds. The quantitative estimate of drug-likeness (QED) is 0.143. The Hall–Kier alpha value is -3.76. The number of nitrogens with zero attached hydrogens (tertiary/aromatic N) is 2. The number of carbonyl (C=O) groups is 2. The van der Waals surface area contributed by atoms with E-state index in [2.05, 4.69) is 5.32 Å². The number of anilines is 1. The Balaban J connectivity index is 1.85. The molecule has 12 heteroatoms. The van der Waals surface area contributed by atoms with Crippen molar-refractivity contribution in [3.05, 3.63) is 123 Å². The average molecular weight is 731 g/mol. The Morgan fingerprint density at radius 2 is 1.58 bits per heavy atom. The number of ether oxygens (including phenoxy) is 1. The summed E-state index contributed by atoms with van der Waals surface area (Å²) in [7, 11) is -2.86. The van der Waals surface area contributed by atoms with Crippen LogP contribution in [0.3, 0.4) is 0 Å². The van der Waals surface area contributed by atoms with Crippen molar-refractivity contribution in [1.82, 2.24) is 10.2 Å². The molecule has 8 nitrogen and oxygen atoms in total. The molecule has 0 saturated carbocycles. The van der Waals surface area contributed by atoms with Gasteiger partial charge in [-0.2, -0.15) is 0 Å². The average Bonchev–Trinajstić information content (AvgIpc) is 3.06. The fraction of sp³-hybridized carbons (Fsp3) is 0.278. The number of amides is 2. The number of hydrogen-bond acceptors (Lipinski definition) is 5. The second kappa shape index (κ2) is 16.6. The Morgan fingerprint density at radius 1 is 0.896 bits per heavy atom. The zero-order valence-corrected chi connectivity index (χ0v) is 30.2. The minimum Gasteiger partial charge on any atom is -0.495 e. The lowest BCUT2D eigenvalue weighted by atomic mass is 10.0. The molecule has 0 aliphatic carbocycles. The molecule has 0 aliphatic heterocycles. The number of halogens is 3. The first-order valence-electron chi connectivity index (χ1n) is 15.3. The molecule has 1 N–H and O–H groups in total. The summed E-state index contributed by atoms with van der Waals surface area (Å²) in [6, 6.07) is 23.8. The van der Waals surface area contributed by atoms with Gasteiger partial charge in [-0.25, -0.2) is 8.42 Å². The van der Waals surface area contributed by atoms with Gasteiger partial charge in [-0.3, -0.25) is 13.9 Å². The Labute approximate surface area is 297 Å². The third kappa shape index (κ3) is 9.23. The number of sulfonamides is 1. The SMILES string of the molecule is CC[C@H](C)NC(=O)[C@@H](Cc1ccccc1)N(Cc1ccc(Cl)cc1Cl)C(=O)CN(c1ccc(OC)c(Cl)c1)S(=O)(=O)c1ccc(C)cc1. The molecule has 0 spiro atoms. The lowest BCUT2D eigenvalue weighted by molar-refractivity contribution is -0.140. The van der Waals surface area contributed by atoms with Crippen molar-refractivity contribution >= 4 is 62.3 Å². The summed E-state index contributed by atoms with van der Waals surface area (Å²) in [5, 5.41) is 3.87. The lowest BCUT2D eigenvalue weighted by Gasteiger charge is -2.34. The van der Waals surface area contributed by atoms with Crippen molar-refractivity contribution in [2.45, 2.75) is 57.1 Å². The molecule has 0 fully saturated rings. The van der Waals surface area contributed by atoms with E-state index in [1.807, 2.05) is 51.1 Å². The van der Waals surface area contributed by atoms with Gasteiger partial charge in [0.2, 0.25) is 11.8 Å². The van der Waals surface area contributed by atoms with E-state index in [-0.39, 0.29) is 40.5 Å². The van der Waals surface area contributed by atoms with E-state index in [1.54, 1.807) is 30.3 Å². The molecule has 0 radical (unpaired) electrons. The highest BCUT2D eigenvalue weighted by Crippen LogP contribution is 2.33. The molecule has 0 bridgehead atoms. The summed E-state index contributed by atoms with van der Waals surface area (Å²) >= 11 is 19.2. The minimum absolute atomic E-state index is 0.0181. The van der Waals surface area contributed by atoms with Crippen molar-refractivity contribution in [2.75, 3.05) is 18.0 Å². The molecule has 254 valence electrons. The van der Waals surface area contributed by atoms with Crippen LogP contribution in [0.4, 0.5) is 5.69 Å². The molecule has 4 rings (SSSR count). The first kappa shape index (κ1) is 37.1. The van der Waals surface area contributed by atoms with E-state index in [0.717, 1.165) is 15.4 Å². The van der Waals surface area contributed by atoms with E-state index < -0.39 is 28.5 Å². The summed E-state index contributed by atoms with van der Waals surface area (Å²) in [5.41, 5.74) is 2.35. The van der Waals surface area contributed by atoms with Crippen LogP contribution >= 0.6 is 34.8 Å². The standard InChI is InChI=1S/C36H38Cl3N3O5S/c1-5-25(3)40-36(44)33(19-26-9-7-6-8-10-26)41(22-27-13-14-28(37)20-31(27)38)35(43)23-42(29-15-18-34(47-4)32(39)21-29)48(45,46)30-16-11-24(2)12-17-30/h6-18,20-21,25,33H,5,19,22-23H2,1-4H3,(H,40,44)/t25-,33+/m0/s1. The first-order valence-corrected chi connectivity index (χ1v) is 17.9. The minimum atomic E-state index is -4.31. The number of nitrogens with one attached hydrogen (secondary N) is 1. The van der Waals surface area contributed by atoms with Crippen LogP contribution in [-0.4, -0.2) is 50.9 Å². The fourth-order valence-corrected chi connectivity index (χ4v) is 7.13. The molecule has 2 atom stereocenters. The molecule has 48 heavy (non-hydrogen) atoms. The van der Waals surface area contributed by atoms with Crippen molar-refractivity contribution in [3.8, 4) is 5.75 Å². The van der Waals surface area contributed by atoms with Gasteiger partial charge in [0.25, 0.3) is 10.0 Å². The summed E-state index contributed by atoms with van der Waals surface area (Å²) in [6.07, 6.45) is 0.834. The number of rotatable bonds is 14. The number of carbonyl (C=O) groups excluding carboxylic acids is 2. The van der Waals surface area contributed by atoms with Crippen molar-refractivity contribution in [1.29, 1.82) is 0 Å². The topological polar surface area (TPSA) is 96.0 Å². The van der Waals surface area contributed by atoms with Crippen LogP contribution in [0.15, 0.2) is 95.9 Å². The van der Waals surface area contributed by atoms with E-state index in [9.17, 15) is 18.0 Å². The molecule has 0 saturated heterocycles. The maximum absolute atomic E-state index is 14.7. The van der Waals surface area contributed by atoms with Crippen LogP contribution in [0.1, 0.15) is 37.0 Å².